The zero-order valence-electron chi connectivity index (χ0n) is 15.2. The highest BCUT2D eigenvalue weighted by molar-refractivity contribution is 9.10. The fourth-order valence-corrected chi connectivity index (χ4v) is 3.28. The SMILES string of the molecule is Cc1cccc(C(C)C)c1NC(=O)NCCCOc1ccc(Br)cc1Cl. The first-order valence-corrected chi connectivity index (χ1v) is 9.77. The Morgan fingerprint density at radius 1 is 1.27 bits per heavy atom. The van der Waals surface area contributed by atoms with Crippen molar-refractivity contribution in [3.8, 4) is 5.75 Å². The lowest BCUT2D eigenvalue weighted by Crippen LogP contribution is -2.31. The van der Waals surface area contributed by atoms with E-state index in [1.165, 1.54) is 0 Å². The van der Waals surface area contributed by atoms with Gasteiger partial charge in [0.15, 0.2) is 0 Å². The zero-order valence-corrected chi connectivity index (χ0v) is 17.6. The molecule has 0 saturated heterocycles. The van der Waals surface area contributed by atoms with Gasteiger partial charge >= 0.3 is 6.03 Å². The number of carbonyl (C=O) groups is 1. The van der Waals surface area contributed by atoms with Crippen LogP contribution in [0.1, 0.15) is 37.3 Å². The number of amides is 2. The van der Waals surface area contributed by atoms with Crippen molar-refractivity contribution in [3.63, 3.8) is 0 Å². The number of urea groups is 1. The fourth-order valence-electron chi connectivity index (χ4n) is 2.55. The number of carbonyl (C=O) groups excluding carboxylic acids is 1. The van der Waals surface area contributed by atoms with Gasteiger partial charge in [0.1, 0.15) is 5.75 Å². The summed E-state index contributed by atoms with van der Waals surface area (Å²) in [5.41, 5.74) is 3.07. The lowest BCUT2D eigenvalue weighted by molar-refractivity contribution is 0.250. The molecule has 6 heteroatoms. The maximum absolute atomic E-state index is 12.2. The topological polar surface area (TPSA) is 50.4 Å². The first kappa shape index (κ1) is 20.6. The van der Waals surface area contributed by atoms with Gasteiger partial charge in [0, 0.05) is 16.7 Å². The second-order valence-electron chi connectivity index (χ2n) is 6.35. The molecular weight excluding hydrogens is 416 g/mol. The van der Waals surface area contributed by atoms with Gasteiger partial charge in [-0.05, 0) is 48.6 Å². The van der Waals surface area contributed by atoms with E-state index in [9.17, 15) is 4.79 Å². The van der Waals surface area contributed by atoms with E-state index >= 15 is 0 Å². The molecule has 26 heavy (non-hydrogen) atoms. The van der Waals surface area contributed by atoms with Gasteiger partial charge in [0.25, 0.3) is 0 Å². The zero-order chi connectivity index (χ0) is 19.1. The Morgan fingerprint density at radius 3 is 2.73 bits per heavy atom. The summed E-state index contributed by atoms with van der Waals surface area (Å²) in [6, 6.07) is 11.3. The number of hydrogen-bond acceptors (Lipinski definition) is 2. The predicted molar refractivity (Wildman–Crippen MR) is 112 cm³/mol. The number of anilines is 1. The third-order valence-corrected chi connectivity index (χ3v) is 4.71. The van der Waals surface area contributed by atoms with Gasteiger partial charge in [-0.2, -0.15) is 0 Å². The monoisotopic (exact) mass is 438 g/mol. The van der Waals surface area contributed by atoms with Crippen LogP contribution in [-0.2, 0) is 0 Å². The second kappa shape index (κ2) is 9.83. The molecule has 2 aromatic rings. The molecule has 0 bridgehead atoms. The van der Waals surface area contributed by atoms with Crippen LogP contribution < -0.4 is 15.4 Å². The number of benzene rings is 2. The molecule has 140 valence electrons. The van der Waals surface area contributed by atoms with Gasteiger partial charge in [0.05, 0.1) is 11.6 Å². The van der Waals surface area contributed by atoms with Crippen molar-refractivity contribution in [2.75, 3.05) is 18.5 Å². The van der Waals surface area contributed by atoms with Crippen molar-refractivity contribution >= 4 is 39.2 Å². The Kier molecular flexibility index (Phi) is 7.79. The molecule has 2 aromatic carbocycles. The van der Waals surface area contributed by atoms with Crippen molar-refractivity contribution < 1.29 is 9.53 Å². The average Bonchev–Trinajstić information content (AvgIpc) is 2.58. The molecular formula is C20H24BrClN2O2. The molecule has 0 radical (unpaired) electrons. The minimum atomic E-state index is -0.206. The van der Waals surface area contributed by atoms with E-state index in [4.69, 9.17) is 16.3 Å². The Balaban J connectivity index is 1.78. The third-order valence-electron chi connectivity index (χ3n) is 3.92. The molecule has 0 heterocycles. The predicted octanol–water partition coefficient (Wildman–Crippen LogP) is 6.12. The van der Waals surface area contributed by atoms with Crippen molar-refractivity contribution in [3.05, 3.63) is 57.0 Å². The number of hydrogen-bond donors (Lipinski definition) is 2. The highest BCUT2D eigenvalue weighted by Gasteiger charge is 2.11. The largest absolute Gasteiger partial charge is 0.492 e. The summed E-state index contributed by atoms with van der Waals surface area (Å²) in [5, 5.41) is 6.39. The van der Waals surface area contributed by atoms with Crippen LogP contribution in [0.4, 0.5) is 10.5 Å². The van der Waals surface area contributed by atoms with E-state index < -0.39 is 0 Å². The minimum absolute atomic E-state index is 0.206. The number of halogens is 2. The Morgan fingerprint density at radius 2 is 2.04 bits per heavy atom. The third kappa shape index (κ3) is 5.92. The lowest BCUT2D eigenvalue weighted by atomic mass is 9.98. The van der Waals surface area contributed by atoms with Crippen LogP contribution in [0.5, 0.6) is 5.75 Å². The molecule has 0 aliphatic rings. The van der Waals surface area contributed by atoms with E-state index in [-0.39, 0.29) is 6.03 Å². The molecule has 2 amide bonds. The number of aryl methyl sites for hydroxylation is 1. The first-order valence-electron chi connectivity index (χ1n) is 8.60. The summed E-state index contributed by atoms with van der Waals surface area (Å²) in [4.78, 5) is 12.2. The van der Waals surface area contributed by atoms with Crippen LogP contribution in [0.15, 0.2) is 40.9 Å². The minimum Gasteiger partial charge on any atom is -0.492 e. The molecule has 0 fully saturated rings. The number of nitrogens with one attached hydrogen (secondary N) is 2. The van der Waals surface area contributed by atoms with Crippen molar-refractivity contribution in [2.24, 2.45) is 0 Å². The normalized spacial score (nSPS) is 10.7. The molecule has 0 spiro atoms. The Bertz CT molecular complexity index is 765. The van der Waals surface area contributed by atoms with Crippen LogP contribution in [0.2, 0.25) is 5.02 Å². The number of ether oxygens (including phenoxy) is 1. The van der Waals surface area contributed by atoms with Crippen LogP contribution in [-0.4, -0.2) is 19.2 Å². The van der Waals surface area contributed by atoms with Crippen LogP contribution in [0, 0.1) is 6.92 Å². The van der Waals surface area contributed by atoms with Gasteiger partial charge in [-0.15, -0.1) is 0 Å². The van der Waals surface area contributed by atoms with Gasteiger partial charge in [-0.3, -0.25) is 0 Å². The molecule has 0 unspecified atom stereocenters. The average molecular weight is 440 g/mol. The molecule has 2 rings (SSSR count). The highest BCUT2D eigenvalue weighted by atomic mass is 79.9. The van der Waals surface area contributed by atoms with E-state index in [0.29, 0.717) is 36.3 Å². The van der Waals surface area contributed by atoms with Crippen LogP contribution in [0.3, 0.4) is 0 Å². The molecule has 0 aromatic heterocycles. The van der Waals surface area contributed by atoms with Gasteiger partial charge in [-0.1, -0.05) is 59.6 Å². The van der Waals surface area contributed by atoms with Gasteiger partial charge < -0.3 is 15.4 Å². The summed E-state index contributed by atoms with van der Waals surface area (Å²) >= 11 is 9.46. The lowest BCUT2D eigenvalue weighted by Gasteiger charge is -2.17. The molecule has 2 N–H and O–H groups in total. The second-order valence-corrected chi connectivity index (χ2v) is 7.67. The maximum Gasteiger partial charge on any atom is 0.319 e. The van der Waals surface area contributed by atoms with E-state index in [1.54, 1.807) is 6.07 Å². The quantitative estimate of drug-likeness (QED) is 0.510. The first-order chi connectivity index (χ1) is 12.4. The van der Waals surface area contributed by atoms with Gasteiger partial charge in [0.2, 0.25) is 0 Å². The van der Waals surface area contributed by atoms with Crippen molar-refractivity contribution in [2.45, 2.75) is 33.1 Å². The molecule has 0 aliphatic carbocycles. The summed E-state index contributed by atoms with van der Waals surface area (Å²) in [6.07, 6.45) is 0.685. The van der Waals surface area contributed by atoms with E-state index in [2.05, 4.69) is 40.4 Å². The number of para-hydroxylation sites is 1. The fraction of sp³-hybridized carbons (Fsp3) is 0.350. The molecule has 0 atom stereocenters. The van der Waals surface area contributed by atoms with Crippen LogP contribution >= 0.6 is 27.5 Å². The van der Waals surface area contributed by atoms with Crippen molar-refractivity contribution in [1.29, 1.82) is 0 Å². The standard InChI is InChI=1S/C20H24BrClN2O2/c1-13(2)16-7-4-6-14(3)19(16)24-20(25)23-10-5-11-26-18-9-8-15(21)12-17(18)22/h4,6-9,12-13H,5,10-11H2,1-3H3,(H2,23,24,25). The number of rotatable bonds is 7. The van der Waals surface area contributed by atoms with Crippen molar-refractivity contribution in [1.82, 2.24) is 5.32 Å². The Labute approximate surface area is 168 Å². The maximum atomic E-state index is 12.2. The van der Waals surface area contributed by atoms with E-state index in [0.717, 1.165) is 21.3 Å². The summed E-state index contributed by atoms with van der Waals surface area (Å²) in [6.45, 7) is 7.22. The van der Waals surface area contributed by atoms with Gasteiger partial charge in [-0.25, -0.2) is 4.79 Å². The molecule has 0 saturated carbocycles. The smallest absolute Gasteiger partial charge is 0.319 e. The summed E-state index contributed by atoms with van der Waals surface area (Å²) < 4.78 is 6.54. The molecule has 4 nitrogen and oxygen atoms in total. The summed E-state index contributed by atoms with van der Waals surface area (Å²) in [7, 11) is 0. The molecule has 0 aliphatic heterocycles. The van der Waals surface area contributed by atoms with Crippen LogP contribution in [0.25, 0.3) is 0 Å². The highest BCUT2D eigenvalue weighted by Crippen LogP contribution is 2.28. The summed E-state index contributed by atoms with van der Waals surface area (Å²) in [5.74, 6) is 0.982. The Hall–Kier alpha value is -1.72. The van der Waals surface area contributed by atoms with E-state index in [1.807, 2.05) is 37.3 Å².